The van der Waals surface area contributed by atoms with Crippen LogP contribution in [0.2, 0.25) is 0 Å². The van der Waals surface area contributed by atoms with Gasteiger partial charge in [-0.15, -0.1) is 0 Å². The molecule has 0 radical (unpaired) electrons. The van der Waals surface area contributed by atoms with Gasteiger partial charge < -0.3 is 14.8 Å². The zero-order valence-corrected chi connectivity index (χ0v) is 8.99. The molecule has 0 aromatic heterocycles. The molecule has 15 heavy (non-hydrogen) atoms. The van der Waals surface area contributed by atoms with Gasteiger partial charge in [0.25, 0.3) is 0 Å². The summed E-state index contributed by atoms with van der Waals surface area (Å²) in [7, 11) is -0.438. The van der Waals surface area contributed by atoms with Crippen LogP contribution in [0.3, 0.4) is 0 Å². The molecule has 0 saturated carbocycles. The number of halogens is 1. The van der Waals surface area contributed by atoms with Crippen LogP contribution in [0.5, 0.6) is 5.75 Å². The van der Waals surface area contributed by atoms with E-state index >= 15 is 0 Å². The van der Waals surface area contributed by atoms with E-state index in [-0.39, 0.29) is 17.1 Å². The van der Waals surface area contributed by atoms with Crippen molar-refractivity contribution < 1.29 is 19.2 Å². The molecule has 0 spiro atoms. The predicted octanol–water partition coefficient (Wildman–Crippen LogP) is 0.637. The van der Waals surface area contributed by atoms with Gasteiger partial charge >= 0.3 is 7.12 Å². The lowest BCUT2D eigenvalue weighted by Crippen LogP contribution is -2.32. The van der Waals surface area contributed by atoms with E-state index in [0.29, 0.717) is 5.56 Å². The fourth-order valence-corrected chi connectivity index (χ4v) is 1.38. The molecule has 1 rings (SSSR count). The maximum absolute atomic E-state index is 13.5. The van der Waals surface area contributed by atoms with Gasteiger partial charge in [0.1, 0.15) is 0 Å². The number of methoxy groups -OCH3 is 1. The predicted molar refractivity (Wildman–Crippen MR) is 56.9 cm³/mol. The van der Waals surface area contributed by atoms with Crippen LogP contribution in [0.25, 0.3) is 0 Å². The van der Waals surface area contributed by atoms with Gasteiger partial charge in [0.05, 0.1) is 7.11 Å². The third kappa shape index (κ3) is 2.49. The normalized spacial score (nSPS) is 10.6. The molecule has 0 aliphatic rings. The average molecular weight is 212 g/mol. The second-order valence-electron chi connectivity index (χ2n) is 3.65. The van der Waals surface area contributed by atoms with E-state index in [9.17, 15) is 4.39 Å². The zero-order valence-electron chi connectivity index (χ0n) is 8.99. The molecule has 0 amide bonds. The smallest absolute Gasteiger partial charge is 0.492 e. The lowest BCUT2D eigenvalue weighted by atomic mass is 9.77. The quantitative estimate of drug-likeness (QED) is 0.722. The second-order valence-corrected chi connectivity index (χ2v) is 3.65. The van der Waals surface area contributed by atoms with Crippen molar-refractivity contribution in [2.45, 2.75) is 19.8 Å². The SMILES string of the molecule is COc1c(F)cc(C(C)C)cc1B(O)O. The van der Waals surface area contributed by atoms with Gasteiger partial charge in [-0.3, -0.25) is 0 Å². The molecule has 3 nitrogen and oxygen atoms in total. The van der Waals surface area contributed by atoms with Crippen LogP contribution in [0.4, 0.5) is 4.39 Å². The first-order valence-corrected chi connectivity index (χ1v) is 4.70. The van der Waals surface area contributed by atoms with Crippen molar-refractivity contribution in [3.05, 3.63) is 23.5 Å². The molecule has 2 N–H and O–H groups in total. The maximum Gasteiger partial charge on any atom is 0.492 e. The maximum atomic E-state index is 13.5. The summed E-state index contributed by atoms with van der Waals surface area (Å²) in [4.78, 5) is 0. The number of rotatable bonds is 3. The summed E-state index contributed by atoms with van der Waals surface area (Å²) in [5, 5.41) is 18.2. The van der Waals surface area contributed by atoms with Gasteiger partial charge in [-0.2, -0.15) is 0 Å². The highest BCUT2D eigenvalue weighted by Gasteiger charge is 2.21. The fraction of sp³-hybridized carbons (Fsp3) is 0.400. The Kier molecular flexibility index (Phi) is 3.71. The minimum atomic E-state index is -1.73. The van der Waals surface area contributed by atoms with Crippen molar-refractivity contribution in [1.29, 1.82) is 0 Å². The highest BCUT2D eigenvalue weighted by molar-refractivity contribution is 6.59. The first-order chi connectivity index (χ1) is 6.97. The number of ether oxygens (including phenoxy) is 1. The van der Waals surface area contributed by atoms with Crippen LogP contribution in [-0.4, -0.2) is 24.3 Å². The molecule has 0 bridgehead atoms. The lowest BCUT2D eigenvalue weighted by Gasteiger charge is -2.13. The summed E-state index contributed by atoms with van der Waals surface area (Å²) < 4.78 is 18.3. The van der Waals surface area contributed by atoms with Gasteiger partial charge in [0.15, 0.2) is 11.6 Å². The van der Waals surface area contributed by atoms with Gasteiger partial charge in [0.2, 0.25) is 0 Å². The molecular formula is C10H14BFO3. The number of hydrogen-bond acceptors (Lipinski definition) is 3. The second kappa shape index (κ2) is 4.64. The van der Waals surface area contributed by atoms with Crippen LogP contribution in [-0.2, 0) is 0 Å². The Bertz CT molecular complexity index is 353. The monoisotopic (exact) mass is 212 g/mol. The van der Waals surface area contributed by atoms with Crippen LogP contribution < -0.4 is 10.2 Å². The van der Waals surface area contributed by atoms with Crippen molar-refractivity contribution in [2.75, 3.05) is 7.11 Å². The average Bonchev–Trinajstić information content (AvgIpc) is 2.16. The summed E-state index contributed by atoms with van der Waals surface area (Å²) in [5.41, 5.74) is 0.762. The first kappa shape index (κ1) is 12.0. The molecular weight excluding hydrogens is 198 g/mol. The summed E-state index contributed by atoms with van der Waals surface area (Å²) in [6.45, 7) is 3.80. The highest BCUT2D eigenvalue weighted by Crippen LogP contribution is 2.21. The van der Waals surface area contributed by atoms with Crippen LogP contribution in [0.1, 0.15) is 25.3 Å². The summed E-state index contributed by atoms with van der Waals surface area (Å²) in [5.74, 6) is -0.580. The number of benzene rings is 1. The van der Waals surface area contributed by atoms with Crippen LogP contribution >= 0.6 is 0 Å². The van der Waals surface area contributed by atoms with E-state index in [4.69, 9.17) is 14.8 Å². The van der Waals surface area contributed by atoms with Crippen molar-refractivity contribution in [3.8, 4) is 5.75 Å². The molecule has 5 heteroatoms. The first-order valence-electron chi connectivity index (χ1n) is 4.70. The molecule has 0 saturated heterocycles. The van der Waals surface area contributed by atoms with E-state index in [1.807, 2.05) is 13.8 Å². The Labute approximate surface area is 88.7 Å². The van der Waals surface area contributed by atoms with E-state index in [2.05, 4.69) is 0 Å². The molecule has 1 aromatic carbocycles. The van der Waals surface area contributed by atoms with E-state index < -0.39 is 12.9 Å². The highest BCUT2D eigenvalue weighted by atomic mass is 19.1. The summed E-state index contributed by atoms with van der Waals surface area (Å²) in [6.07, 6.45) is 0. The Hall–Kier alpha value is -1.07. The van der Waals surface area contributed by atoms with Crippen molar-refractivity contribution in [3.63, 3.8) is 0 Å². The minimum absolute atomic E-state index is 0.0567. The van der Waals surface area contributed by atoms with Crippen molar-refractivity contribution in [2.24, 2.45) is 0 Å². The topological polar surface area (TPSA) is 49.7 Å². The van der Waals surface area contributed by atoms with Gasteiger partial charge in [-0.1, -0.05) is 19.9 Å². The lowest BCUT2D eigenvalue weighted by molar-refractivity contribution is 0.381. The minimum Gasteiger partial charge on any atom is -0.494 e. The van der Waals surface area contributed by atoms with E-state index in [1.165, 1.54) is 19.2 Å². The molecule has 0 aliphatic carbocycles. The van der Waals surface area contributed by atoms with Crippen molar-refractivity contribution in [1.82, 2.24) is 0 Å². The Balaban J connectivity index is 3.32. The van der Waals surface area contributed by atoms with Gasteiger partial charge in [-0.25, -0.2) is 4.39 Å². The molecule has 0 heterocycles. The number of hydrogen-bond donors (Lipinski definition) is 2. The van der Waals surface area contributed by atoms with Crippen LogP contribution in [0, 0.1) is 5.82 Å². The summed E-state index contributed by atoms with van der Waals surface area (Å²) in [6, 6.07) is 2.88. The van der Waals surface area contributed by atoms with Crippen molar-refractivity contribution >= 4 is 12.6 Å². The summed E-state index contributed by atoms with van der Waals surface area (Å²) >= 11 is 0. The van der Waals surface area contributed by atoms with Gasteiger partial charge in [0, 0.05) is 5.46 Å². The molecule has 82 valence electrons. The Morgan fingerprint density at radius 2 is 1.93 bits per heavy atom. The Morgan fingerprint density at radius 3 is 2.33 bits per heavy atom. The molecule has 1 aromatic rings. The third-order valence-corrected chi connectivity index (χ3v) is 2.24. The fourth-order valence-electron chi connectivity index (χ4n) is 1.38. The molecule has 0 atom stereocenters. The molecule has 0 unspecified atom stereocenters. The third-order valence-electron chi connectivity index (χ3n) is 2.24. The van der Waals surface area contributed by atoms with E-state index in [1.54, 1.807) is 0 Å². The standard InChI is InChI=1S/C10H14BFO3/c1-6(2)7-4-8(11(13)14)10(15-3)9(12)5-7/h4-6,13-14H,1-3H3. The Morgan fingerprint density at radius 1 is 1.33 bits per heavy atom. The van der Waals surface area contributed by atoms with Gasteiger partial charge in [-0.05, 0) is 17.5 Å². The molecule has 0 fully saturated rings. The van der Waals surface area contributed by atoms with Crippen LogP contribution in [0.15, 0.2) is 12.1 Å². The molecule has 0 aliphatic heterocycles. The zero-order chi connectivity index (χ0) is 11.6. The largest absolute Gasteiger partial charge is 0.494 e. The van der Waals surface area contributed by atoms with E-state index in [0.717, 1.165) is 0 Å².